The molecule has 0 saturated heterocycles. The van der Waals surface area contributed by atoms with Crippen molar-refractivity contribution < 1.29 is 4.74 Å². The molecule has 0 saturated carbocycles. The van der Waals surface area contributed by atoms with Crippen molar-refractivity contribution in [2.24, 2.45) is 5.73 Å². The molecule has 0 fully saturated rings. The predicted octanol–water partition coefficient (Wildman–Crippen LogP) is 2.14. The number of nitrogens with zero attached hydrogens (tertiary/aromatic N) is 2. The van der Waals surface area contributed by atoms with Crippen LogP contribution in [0.4, 0.5) is 0 Å². The van der Waals surface area contributed by atoms with E-state index in [4.69, 9.17) is 10.5 Å². The molecule has 0 aliphatic carbocycles. The molecule has 0 aliphatic heterocycles. The third-order valence-corrected chi connectivity index (χ3v) is 3.12. The molecule has 18 heavy (non-hydrogen) atoms. The summed E-state index contributed by atoms with van der Waals surface area (Å²) in [6.45, 7) is 3.97. The highest BCUT2D eigenvalue weighted by atomic mass is 16.5. The zero-order valence-electron chi connectivity index (χ0n) is 11.0. The first-order chi connectivity index (χ1) is 8.65. The number of para-hydroxylation sites is 1. The lowest BCUT2D eigenvalue weighted by Crippen LogP contribution is -2.30. The van der Waals surface area contributed by atoms with Crippen molar-refractivity contribution >= 4 is 0 Å². The Balaban J connectivity index is 2.52. The third-order valence-electron chi connectivity index (χ3n) is 3.12. The molecule has 4 heteroatoms. The van der Waals surface area contributed by atoms with E-state index in [0.717, 1.165) is 17.1 Å². The van der Waals surface area contributed by atoms with Crippen molar-refractivity contribution in [1.29, 1.82) is 0 Å². The lowest BCUT2D eigenvalue weighted by Gasteiger charge is -2.25. The van der Waals surface area contributed by atoms with Gasteiger partial charge >= 0.3 is 0 Å². The summed E-state index contributed by atoms with van der Waals surface area (Å²) in [5.41, 5.74) is 7.23. The number of hydrogen-bond acceptors (Lipinski definition) is 3. The molecule has 2 unspecified atom stereocenters. The standard InChI is InChI=1S/C14H19N3O/c1-10(15)14(17-9-8-16-11(17)2)12-6-4-5-7-13(12)18-3/h4-10,14H,15H2,1-3H3. The first-order valence-corrected chi connectivity index (χ1v) is 6.03. The summed E-state index contributed by atoms with van der Waals surface area (Å²) in [6.07, 6.45) is 3.75. The maximum absolute atomic E-state index is 6.15. The SMILES string of the molecule is COc1ccccc1C(C(C)N)n1ccnc1C. The molecule has 0 amide bonds. The monoisotopic (exact) mass is 245 g/mol. The van der Waals surface area contributed by atoms with Gasteiger partial charge in [0.2, 0.25) is 0 Å². The van der Waals surface area contributed by atoms with Crippen molar-refractivity contribution in [3.05, 3.63) is 48.0 Å². The second kappa shape index (κ2) is 5.23. The summed E-state index contributed by atoms with van der Waals surface area (Å²) >= 11 is 0. The van der Waals surface area contributed by atoms with Crippen LogP contribution in [0.15, 0.2) is 36.7 Å². The number of aromatic nitrogens is 2. The van der Waals surface area contributed by atoms with E-state index in [2.05, 4.69) is 9.55 Å². The van der Waals surface area contributed by atoms with E-state index in [0.29, 0.717) is 0 Å². The Morgan fingerprint density at radius 2 is 2.06 bits per heavy atom. The third kappa shape index (κ3) is 2.24. The minimum Gasteiger partial charge on any atom is -0.496 e. The largest absolute Gasteiger partial charge is 0.496 e. The van der Waals surface area contributed by atoms with Crippen LogP contribution >= 0.6 is 0 Å². The lowest BCUT2D eigenvalue weighted by molar-refractivity contribution is 0.392. The molecular formula is C14H19N3O. The highest BCUT2D eigenvalue weighted by Crippen LogP contribution is 2.30. The molecule has 1 aromatic carbocycles. The van der Waals surface area contributed by atoms with Gasteiger partial charge in [0, 0.05) is 24.0 Å². The molecule has 0 bridgehead atoms. The normalized spacial score (nSPS) is 14.2. The van der Waals surface area contributed by atoms with Crippen LogP contribution in [0.25, 0.3) is 0 Å². The van der Waals surface area contributed by atoms with Crippen LogP contribution in [0.1, 0.15) is 24.4 Å². The van der Waals surface area contributed by atoms with E-state index in [9.17, 15) is 0 Å². The molecule has 1 aromatic heterocycles. The number of hydrogen-bond donors (Lipinski definition) is 1. The van der Waals surface area contributed by atoms with Gasteiger partial charge in [-0.3, -0.25) is 0 Å². The van der Waals surface area contributed by atoms with Gasteiger partial charge in [0.15, 0.2) is 0 Å². The molecule has 4 nitrogen and oxygen atoms in total. The van der Waals surface area contributed by atoms with Gasteiger partial charge in [-0.05, 0) is 19.9 Å². The summed E-state index contributed by atoms with van der Waals surface area (Å²) in [6, 6.07) is 7.96. The Bertz CT molecular complexity index is 519. The van der Waals surface area contributed by atoms with Gasteiger partial charge in [-0.25, -0.2) is 4.98 Å². The molecule has 2 rings (SSSR count). The van der Waals surface area contributed by atoms with Gasteiger partial charge < -0.3 is 15.0 Å². The van der Waals surface area contributed by atoms with E-state index in [1.807, 2.05) is 44.3 Å². The molecule has 2 aromatic rings. The average molecular weight is 245 g/mol. The number of imidazole rings is 1. The maximum atomic E-state index is 6.15. The van der Waals surface area contributed by atoms with Crippen LogP contribution in [0.2, 0.25) is 0 Å². The topological polar surface area (TPSA) is 53.1 Å². The highest BCUT2D eigenvalue weighted by Gasteiger charge is 2.22. The van der Waals surface area contributed by atoms with Gasteiger partial charge in [0.25, 0.3) is 0 Å². The van der Waals surface area contributed by atoms with Crippen LogP contribution in [-0.2, 0) is 0 Å². The summed E-state index contributed by atoms with van der Waals surface area (Å²) in [5, 5.41) is 0. The molecule has 96 valence electrons. The number of aryl methyl sites for hydroxylation is 1. The lowest BCUT2D eigenvalue weighted by atomic mass is 9.99. The van der Waals surface area contributed by atoms with Crippen molar-refractivity contribution in [3.63, 3.8) is 0 Å². The zero-order chi connectivity index (χ0) is 13.1. The molecule has 0 aliphatic rings. The Kier molecular flexibility index (Phi) is 3.67. The number of rotatable bonds is 4. The Labute approximate surface area is 107 Å². The highest BCUT2D eigenvalue weighted by molar-refractivity contribution is 5.37. The van der Waals surface area contributed by atoms with Crippen LogP contribution in [-0.4, -0.2) is 22.7 Å². The van der Waals surface area contributed by atoms with Crippen molar-refractivity contribution in [2.45, 2.75) is 25.9 Å². The first kappa shape index (κ1) is 12.6. The van der Waals surface area contributed by atoms with Gasteiger partial charge in [-0.1, -0.05) is 18.2 Å². The predicted molar refractivity (Wildman–Crippen MR) is 71.7 cm³/mol. The Hall–Kier alpha value is -1.81. The van der Waals surface area contributed by atoms with Gasteiger partial charge in [-0.2, -0.15) is 0 Å². The Morgan fingerprint density at radius 3 is 2.61 bits per heavy atom. The number of methoxy groups -OCH3 is 1. The van der Waals surface area contributed by atoms with Crippen LogP contribution < -0.4 is 10.5 Å². The fraction of sp³-hybridized carbons (Fsp3) is 0.357. The second-order valence-electron chi connectivity index (χ2n) is 4.43. The fourth-order valence-corrected chi connectivity index (χ4v) is 2.28. The molecule has 0 spiro atoms. The summed E-state index contributed by atoms with van der Waals surface area (Å²) in [5.74, 6) is 1.80. The van der Waals surface area contributed by atoms with Gasteiger partial charge in [-0.15, -0.1) is 0 Å². The molecule has 2 atom stereocenters. The Morgan fingerprint density at radius 1 is 1.33 bits per heavy atom. The molecular weight excluding hydrogens is 226 g/mol. The van der Waals surface area contributed by atoms with E-state index in [-0.39, 0.29) is 12.1 Å². The van der Waals surface area contributed by atoms with E-state index < -0.39 is 0 Å². The smallest absolute Gasteiger partial charge is 0.124 e. The number of nitrogens with two attached hydrogens (primary N) is 1. The minimum atomic E-state index is -0.0331. The zero-order valence-corrected chi connectivity index (χ0v) is 11.0. The van der Waals surface area contributed by atoms with Crippen LogP contribution in [0.5, 0.6) is 5.75 Å². The molecule has 1 heterocycles. The maximum Gasteiger partial charge on any atom is 0.124 e. The number of benzene rings is 1. The second-order valence-corrected chi connectivity index (χ2v) is 4.43. The van der Waals surface area contributed by atoms with Crippen molar-refractivity contribution in [3.8, 4) is 5.75 Å². The summed E-state index contributed by atoms with van der Waals surface area (Å²) < 4.78 is 7.51. The van der Waals surface area contributed by atoms with Gasteiger partial charge in [0.05, 0.1) is 13.2 Å². The van der Waals surface area contributed by atoms with Crippen molar-refractivity contribution in [1.82, 2.24) is 9.55 Å². The number of ether oxygens (including phenoxy) is 1. The van der Waals surface area contributed by atoms with Crippen LogP contribution in [0, 0.1) is 6.92 Å². The quantitative estimate of drug-likeness (QED) is 0.897. The van der Waals surface area contributed by atoms with E-state index >= 15 is 0 Å². The van der Waals surface area contributed by atoms with Crippen molar-refractivity contribution in [2.75, 3.05) is 7.11 Å². The first-order valence-electron chi connectivity index (χ1n) is 6.03. The summed E-state index contributed by atoms with van der Waals surface area (Å²) in [4.78, 5) is 4.27. The van der Waals surface area contributed by atoms with E-state index in [1.54, 1.807) is 13.3 Å². The molecule has 0 radical (unpaired) electrons. The van der Waals surface area contributed by atoms with Gasteiger partial charge in [0.1, 0.15) is 11.6 Å². The fourth-order valence-electron chi connectivity index (χ4n) is 2.28. The summed E-state index contributed by atoms with van der Waals surface area (Å²) in [7, 11) is 1.68. The van der Waals surface area contributed by atoms with E-state index in [1.165, 1.54) is 0 Å². The minimum absolute atomic E-state index is 0.0312. The van der Waals surface area contributed by atoms with Crippen LogP contribution in [0.3, 0.4) is 0 Å². The average Bonchev–Trinajstić information content (AvgIpc) is 2.76. The molecule has 2 N–H and O–H groups in total.